The van der Waals surface area contributed by atoms with Crippen molar-refractivity contribution in [2.45, 2.75) is 51.1 Å². The SMILES string of the molecule is CC(=O)N(C)[C@H]1CC[C@@H](NC(=O)Nc2cccc(-c3nnnn3C)c2)[C@H](CN(C)CCCc2ccc(F)cc2)C1. The summed E-state index contributed by atoms with van der Waals surface area (Å²) in [6.45, 7) is 3.27. The van der Waals surface area contributed by atoms with Gasteiger partial charge in [-0.3, -0.25) is 4.79 Å². The molecule has 10 nitrogen and oxygen atoms in total. The predicted octanol–water partition coefficient (Wildman–Crippen LogP) is 3.72. The Morgan fingerprint density at radius 3 is 2.60 bits per heavy atom. The summed E-state index contributed by atoms with van der Waals surface area (Å²) in [5.74, 6) is 0.623. The number of aromatic nitrogens is 4. The third kappa shape index (κ3) is 7.84. The molecule has 4 rings (SSSR count). The number of nitrogens with one attached hydrogen (secondary N) is 2. The lowest BCUT2D eigenvalue weighted by Crippen LogP contribution is -2.52. The van der Waals surface area contributed by atoms with E-state index in [1.165, 1.54) is 12.1 Å². The van der Waals surface area contributed by atoms with Crippen molar-refractivity contribution in [3.8, 4) is 11.4 Å². The van der Waals surface area contributed by atoms with Crippen LogP contribution in [0.5, 0.6) is 0 Å². The van der Waals surface area contributed by atoms with E-state index in [2.05, 4.69) is 38.1 Å². The van der Waals surface area contributed by atoms with Gasteiger partial charge in [-0.15, -0.1) is 5.10 Å². The molecule has 3 aromatic rings. The van der Waals surface area contributed by atoms with Crippen molar-refractivity contribution < 1.29 is 14.0 Å². The molecule has 1 aromatic heterocycles. The highest BCUT2D eigenvalue weighted by Crippen LogP contribution is 2.29. The number of halogens is 1. The minimum Gasteiger partial charge on any atom is -0.343 e. The van der Waals surface area contributed by atoms with Gasteiger partial charge in [0, 0.05) is 50.9 Å². The van der Waals surface area contributed by atoms with E-state index in [0.29, 0.717) is 11.5 Å². The third-order valence-corrected chi connectivity index (χ3v) is 7.78. The van der Waals surface area contributed by atoms with Crippen molar-refractivity contribution in [2.75, 3.05) is 32.5 Å². The maximum absolute atomic E-state index is 13.2. The Bertz CT molecular complexity index is 1280. The van der Waals surface area contributed by atoms with Gasteiger partial charge in [0.1, 0.15) is 5.82 Å². The van der Waals surface area contributed by atoms with Crippen LogP contribution in [0, 0.1) is 11.7 Å². The van der Waals surface area contributed by atoms with E-state index in [0.717, 1.165) is 56.3 Å². The second-order valence-electron chi connectivity index (χ2n) is 10.8. The van der Waals surface area contributed by atoms with Crippen molar-refractivity contribution in [3.63, 3.8) is 0 Å². The summed E-state index contributed by atoms with van der Waals surface area (Å²) in [4.78, 5) is 29.3. The lowest BCUT2D eigenvalue weighted by Gasteiger charge is -2.41. The maximum atomic E-state index is 13.2. The number of carbonyl (C=O) groups excluding carboxylic acids is 2. The highest BCUT2D eigenvalue weighted by Gasteiger charge is 2.34. The maximum Gasteiger partial charge on any atom is 0.319 e. The van der Waals surface area contributed by atoms with Gasteiger partial charge in [-0.1, -0.05) is 24.3 Å². The zero-order chi connectivity index (χ0) is 28.6. The average Bonchev–Trinajstić information content (AvgIpc) is 3.36. The first-order valence-corrected chi connectivity index (χ1v) is 13.8. The van der Waals surface area contributed by atoms with E-state index < -0.39 is 0 Å². The number of carbonyl (C=O) groups is 2. The molecular weight excluding hydrogens is 511 g/mol. The van der Waals surface area contributed by atoms with Gasteiger partial charge >= 0.3 is 6.03 Å². The topological polar surface area (TPSA) is 108 Å². The molecule has 1 aliphatic carbocycles. The average molecular weight is 551 g/mol. The fraction of sp³-hybridized carbons (Fsp3) is 0.483. The molecule has 1 aliphatic rings. The van der Waals surface area contributed by atoms with Crippen molar-refractivity contribution in [1.29, 1.82) is 0 Å². The Labute approximate surface area is 234 Å². The Morgan fingerprint density at radius 2 is 1.90 bits per heavy atom. The molecule has 0 saturated heterocycles. The molecule has 1 heterocycles. The van der Waals surface area contributed by atoms with Gasteiger partial charge in [0.25, 0.3) is 0 Å². The van der Waals surface area contributed by atoms with Gasteiger partial charge in [-0.05, 0) is 91.9 Å². The molecule has 0 bridgehead atoms. The number of rotatable bonds is 10. The molecule has 214 valence electrons. The van der Waals surface area contributed by atoms with Crippen LogP contribution in [0.25, 0.3) is 11.4 Å². The Hall–Kier alpha value is -3.86. The molecule has 0 aliphatic heterocycles. The van der Waals surface area contributed by atoms with Crippen molar-refractivity contribution in [3.05, 3.63) is 59.9 Å². The second-order valence-corrected chi connectivity index (χ2v) is 10.8. The van der Waals surface area contributed by atoms with Crippen molar-refractivity contribution in [1.82, 2.24) is 35.3 Å². The molecule has 3 amide bonds. The largest absolute Gasteiger partial charge is 0.343 e. The number of hydrogen-bond donors (Lipinski definition) is 2. The van der Waals surface area contributed by atoms with Crippen LogP contribution in [0.3, 0.4) is 0 Å². The summed E-state index contributed by atoms with van der Waals surface area (Å²) in [7, 11) is 5.71. The van der Waals surface area contributed by atoms with Crippen molar-refractivity contribution >= 4 is 17.6 Å². The fourth-order valence-electron chi connectivity index (χ4n) is 5.48. The molecule has 1 saturated carbocycles. The second kappa shape index (κ2) is 13.5. The van der Waals surface area contributed by atoms with E-state index >= 15 is 0 Å². The highest BCUT2D eigenvalue weighted by atomic mass is 19.1. The summed E-state index contributed by atoms with van der Waals surface area (Å²) in [5.41, 5.74) is 2.57. The molecule has 2 N–H and O–H groups in total. The Morgan fingerprint density at radius 1 is 1.12 bits per heavy atom. The fourth-order valence-corrected chi connectivity index (χ4v) is 5.48. The Kier molecular flexibility index (Phi) is 9.81. The Balaban J connectivity index is 1.36. The molecule has 0 unspecified atom stereocenters. The van der Waals surface area contributed by atoms with E-state index in [1.54, 1.807) is 18.7 Å². The summed E-state index contributed by atoms with van der Waals surface area (Å²) < 4.78 is 14.8. The molecule has 3 atom stereocenters. The zero-order valence-electron chi connectivity index (χ0n) is 23.7. The first-order chi connectivity index (χ1) is 19.2. The number of hydrogen-bond acceptors (Lipinski definition) is 6. The standard InChI is InChI=1S/C29H39FN8O2/c1-20(39)37(3)26-14-15-27(23(18-26)19-36(2)16-6-7-21-10-12-24(30)13-11-21)32-29(40)31-25-9-5-8-22(17-25)28-33-34-35-38(28)4/h5,8-13,17,23,26-27H,6-7,14-16,18-19H2,1-4H3,(H2,31,32,40)/t23-,26-,27+/m0/s1. The van der Waals surface area contributed by atoms with Crippen LogP contribution in [0.4, 0.5) is 14.9 Å². The molecule has 40 heavy (non-hydrogen) atoms. The molecule has 1 fully saturated rings. The third-order valence-electron chi connectivity index (χ3n) is 7.78. The zero-order valence-corrected chi connectivity index (χ0v) is 23.7. The molecular formula is C29H39FN8O2. The molecule has 0 spiro atoms. The van der Waals surface area contributed by atoms with Crippen LogP contribution in [0.15, 0.2) is 48.5 Å². The van der Waals surface area contributed by atoms with E-state index in [1.807, 2.05) is 48.3 Å². The van der Waals surface area contributed by atoms with Gasteiger partial charge in [-0.25, -0.2) is 13.9 Å². The van der Waals surface area contributed by atoms with Crippen LogP contribution in [-0.2, 0) is 18.3 Å². The van der Waals surface area contributed by atoms with Gasteiger partial charge in [0.15, 0.2) is 5.82 Å². The summed E-state index contributed by atoms with van der Waals surface area (Å²) in [6.07, 6.45) is 4.26. The van der Waals surface area contributed by atoms with Crippen LogP contribution in [0.1, 0.15) is 38.2 Å². The predicted molar refractivity (Wildman–Crippen MR) is 152 cm³/mol. The number of anilines is 1. The van der Waals surface area contributed by atoms with Gasteiger partial charge < -0.3 is 20.4 Å². The first kappa shape index (κ1) is 29.1. The van der Waals surface area contributed by atoms with Crippen LogP contribution in [-0.4, -0.2) is 81.2 Å². The number of benzene rings is 2. The van der Waals surface area contributed by atoms with Crippen LogP contribution < -0.4 is 10.6 Å². The minimum atomic E-state index is -0.263. The number of aryl methyl sites for hydroxylation is 2. The lowest BCUT2D eigenvalue weighted by atomic mass is 9.80. The summed E-state index contributed by atoms with van der Waals surface area (Å²) >= 11 is 0. The smallest absolute Gasteiger partial charge is 0.319 e. The van der Waals surface area contributed by atoms with Crippen LogP contribution in [0.2, 0.25) is 0 Å². The highest BCUT2D eigenvalue weighted by molar-refractivity contribution is 5.90. The first-order valence-electron chi connectivity index (χ1n) is 13.8. The number of nitrogens with zero attached hydrogens (tertiary/aromatic N) is 6. The summed E-state index contributed by atoms with van der Waals surface area (Å²) in [6, 6.07) is 13.9. The van der Waals surface area contributed by atoms with Crippen LogP contribution >= 0.6 is 0 Å². The lowest BCUT2D eigenvalue weighted by molar-refractivity contribution is -0.130. The van der Waals surface area contributed by atoms with Gasteiger partial charge in [0.05, 0.1) is 0 Å². The molecule has 11 heteroatoms. The monoisotopic (exact) mass is 550 g/mol. The number of tetrazole rings is 1. The normalized spacial score (nSPS) is 18.9. The molecule has 0 radical (unpaired) electrons. The van der Waals surface area contributed by atoms with Gasteiger partial charge in [0.2, 0.25) is 5.91 Å². The van der Waals surface area contributed by atoms with Gasteiger partial charge in [-0.2, -0.15) is 0 Å². The minimum absolute atomic E-state index is 0.0257. The van der Waals surface area contributed by atoms with E-state index in [9.17, 15) is 14.0 Å². The quantitative estimate of drug-likeness (QED) is 0.398. The van der Waals surface area contributed by atoms with E-state index in [4.69, 9.17) is 0 Å². The van der Waals surface area contributed by atoms with Crippen molar-refractivity contribution in [2.24, 2.45) is 13.0 Å². The molecule has 2 aromatic carbocycles. The summed E-state index contributed by atoms with van der Waals surface area (Å²) in [5, 5.41) is 17.8. The number of urea groups is 1. The van der Waals surface area contributed by atoms with E-state index in [-0.39, 0.29) is 35.8 Å². The number of amides is 3.